The Morgan fingerprint density at radius 1 is 1.11 bits per heavy atom. The zero-order chi connectivity index (χ0) is 13.2. The van der Waals surface area contributed by atoms with Crippen molar-refractivity contribution in [3.05, 3.63) is 0 Å². The molecule has 0 unspecified atom stereocenters. The maximum atomic E-state index is 12.3. The van der Waals surface area contributed by atoms with Gasteiger partial charge in [0.1, 0.15) is 0 Å². The van der Waals surface area contributed by atoms with Gasteiger partial charge in [0.15, 0.2) is 0 Å². The highest BCUT2D eigenvalue weighted by Gasteiger charge is 2.31. The zero-order valence-corrected chi connectivity index (χ0v) is 12.2. The molecule has 0 radical (unpaired) electrons. The minimum Gasteiger partial charge on any atom is -0.328 e. The van der Waals surface area contributed by atoms with E-state index in [2.05, 4.69) is 0 Å². The minimum absolute atomic E-state index is 0.296. The molecule has 0 bridgehead atoms. The Hall–Kier alpha value is -0.130. The Morgan fingerprint density at radius 2 is 1.72 bits per heavy atom. The third-order valence-corrected chi connectivity index (χ3v) is 6.42. The van der Waals surface area contributed by atoms with Crippen LogP contribution >= 0.6 is 0 Å². The molecule has 4 nitrogen and oxygen atoms in total. The van der Waals surface area contributed by atoms with E-state index < -0.39 is 10.0 Å². The molecule has 0 amide bonds. The number of sulfonamides is 1. The molecule has 0 atom stereocenters. The fourth-order valence-electron chi connectivity index (χ4n) is 3.19. The molecule has 106 valence electrons. The van der Waals surface area contributed by atoms with Crippen LogP contribution in [0.5, 0.6) is 0 Å². The van der Waals surface area contributed by atoms with Gasteiger partial charge in [0.05, 0.1) is 5.75 Å². The average Bonchev–Trinajstić information content (AvgIpc) is 2.27. The normalized spacial score (nSPS) is 30.4. The van der Waals surface area contributed by atoms with Gasteiger partial charge < -0.3 is 5.73 Å². The molecule has 0 aromatic carbocycles. The molecule has 2 N–H and O–H groups in total. The first-order chi connectivity index (χ1) is 8.47. The standard InChI is InChI=1S/C13H26N2O2S/c1-15(9-12-7-13(14)8-12)18(16,17)10-11-5-3-2-4-6-11/h11-13H,2-10,14H2,1H3. The van der Waals surface area contributed by atoms with Gasteiger partial charge in [-0.1, -0.05) is 19.3 Å². The Labute approximate surface area is 111 Å². The monoisotopic (exact) mass is 274 g/mol. The average molecular weight is 274 g/mol. The first-order valence-corrected chi connectivity index (χ1v) is 8.78. The fourth-order valence-corrected chi connectivity index (χ4v) is 4.81. The first kappa shape index (κ1) is 14.3. The van der Waals surface area contributed by atoms with Crippen molar-refractivity contribution in [2.24, 2.45) is 17.6 Å². The Bertz CT molecular complexity index is 357. The van der Waals surface area contributed by atoms with Crippen molar-refractivity contribution < 1.29 is 8.42 Å². The topological polar surface area (TPSA) is 63.4 Å². The van der Waals surface area contributed by atoms with Crippen molar-refractivity contribution in [1.82, 2.24) is 4.31 Å². The van der Waals surface area contributed by atoms with Gasteiger partial charge in [-0.3, -0.25) is 0 Å². The van der Waals surface area contributed by atoms with Crippen molar-refractivity contribution in [3.8, 4) is 0 Å². The summed E-state index contributed by atoms with van der Waals surface area (Å²) in [6, 6.07) is 0.296. The lowest BCUT2D eigenvalue weighted by Gasteiger charge is -2.35. The molecule has 18 heavy (non-hydrogen) atoms. The summed E-state index contributed by atoms with van der Waals surface area (Å²) < 4.78 is 26.1. The molecule has 0 aromatic rings. The van der Waals surface area contributed by atoms with Crippen LogP contribution in [-0.4, -0.2) is 38.1 Å². The molecule has 2 rings (SSSR count). The second-order valence-corrected chi connectivity index (χ2v) is 8.28. The summed E-state index contributed by atoms with van der Waals surface area (Å²) in [7, 11) is -1.33. The maximum absolute atomic E-state index is 12.3. The van der Waals surface area contributed by atoms with E-state index in [0.717, 1.165) is 25.7 Å². The third kappa shape index (κ3) is 3.68. The van der Waals surface area contributed by atoms with Gasteiger partial charge in [-0.15, -0.1) is 0 Å². The smallest absolute Gasteiger partial charge is 0.214 e. The van der Waals surface area contributed by atoms with Crippen LogP contribution in [0.2, 0.25) is 0 Å². The zero-order valence-electron chi connectivity index (χ0n) is 11.3. The minimum atomic E-state index is -3.06. The SMILES string of the molecule is CN(CC1CC(N)C1)S(=O)(=O)CC1CCCCC1. The molecular formula is C13H26N2O2S. The molecule has 2 fully saturated rings. The second-order valence-electron chi connectivity index (χ2n) is 6.16. The molecule has 5 heteroatoms. The van der Waals surface area contributed by atoms with E-state index in [-0.39, 0.29) is 0 Å². The van der Waals surface area contributed by atoms with Crippen molar-refractivity contribution in [3.63, 3.8) is 0 Å². The predicted octanol–water partition coefficient (Wildman–Crippen LogP) is 1.57. The van der Waals surface area contributed by atoms with Gasteiger partial charge in [0.25, 0.3) is 0 Å². The highest BCUT2D eigenvalue weighted by molar-refractivity contribution is 7.89. The molecule has 2 aliphatic rings. The first-order valence-electron chi connectivity index (χ1n) is 7.17. The number of rotatable bonds is 5. The molecule has 0 aliphatic heterocycles. The fraction of sp³-hybridized carbons (Fsp3) is 1.00. The molecule has 0 saturated heterocycles. The van der Waals surface area contributed by atoms with Gasteiger partial charge in [-0.05, 0) is 37.5 Å². The van der Waals surface area contributed by atoms with Crippen molar-refractivity contribution in [2.75, 3.05) is 19.3 Å². The van der Waals surface area contributed by atoms with E-state index in [4.69, 9.17) is 5.73 Å². The molecule has 2 aliphatic carbocycles. The van der Waals surface area contributed by atoms with Crippen LogP contribution in [0.25, 0.3) is 0 Å². The predicted molar refractivity (Wildman–Crippen MR) is 73.7 cm³/mol. The summed E-state index contributed by atoms with van der Waals surface area (Å²) in [6.07, 6.45) is 7.78. The second kappa shape index (κ2) is 5.88. The van der Waals surface area contributed by atoms with E-state index in [1.54, 1.807) is 11.4 Å². The summed E-state index contributed by atoms with van der Waals surface area (Å²) in [5, 5.41) is 0. The summed E-state index contributed by atoms with van der Waals surface area (Å²) in [4.78, 5) is 0. The van der Waals surface area contributed by atoms with E-state index in [1.165, 1.54) is 19.3 Å². The van der Waals surface area contributed by atoms with Crippen LogP contribution in [0.3, 0.4) is 0 Å². The molecule has 0 spiro atoms. The molecule has 2 saturated carbocycles. The van der Waals surface area contributed by atoms with Gasteiger partial charge in [0, 0.05) is 19.6 Å². The third-order valence-electron chi connectivity index (χ3n) is 4.43. The highest BCUT2D eigenvalue weighted by atomic mass is 32.2. The molecule has 0 aromatic heterocycles. The van der Waals surface area contributed by atoms with E-state index in [1.807, 2.05) is 0 Å². The van der Waals surface area contributed by atoms with Crippen molar-refractivity contribution >= 4 is 10.0 Å². The number of hydrogen-bond donors (Lipinski definition) is 1. The van der Waals surface area contributed by atoms with E-state index in [9.17, 15) is 8.42 Å². The largest absolute Gasteiger partial charge is 0.328 e. The lowest BCUT2D eigenvalue weighted by molar-refractivity contribution is 0.226. The lowest BCUT2D eigenvalue weighted by atomic mass is 9.81. The van der Waals surface area contributed by atoms with Gasteiger partial charge in [0.2, 0.25) is 10.0 Å². The van der Waals surface area contributed by atoms with Crippen LogP contribution in [0, 0.1) is 11.8 Å². The van der Waals surface area contributed by atoms with Crippen LogP contribution in [0.1, 0.15) is 44.9 Å². The Morgan fingerprint density at radius 3 is 2.28 bits per heavy atom. The summed E-state index contributed by atoms with van der Waals surface area (Å²) in [6.45, 7) is 0.656. The number of hydrogen-bond acceptors (Lipinski definition) is 3. The van der Waals surface area contributed by atoms with Crippen LogP contribution < -0.4 is 5.73 Å². The van der Waals surface area contributed by atoms with Gasteiger partial charge in [-0.2, -0.15) is 0 Å². The number of nitrogens with two attached hydrogens (primary N) is 1. The van der Waals surface area contributed by atoms with Crippen LogP contribution in [-0.2, 0) is 10.0 Å². The maximum Gasteiger partial charge on any atom is 0.214 e. The molecular weight excluding hydrogens is 248 g/mol. The Balaban J connectivity index is 1.81. The molecule has 0 heterocycles. The number of nitrogens with zero attached hydrogens (tertiary/aromatic N) is 1. The van der Waals surface area contributed by atoms with Crippen LogP contribution in [0.4, 0.5) is 0 Å². The van der Waals surface area contributed by atoms with Gasteiger partial charge >= 0.3 is 0 Å². The van der Waals surface area contributed by atoms with Crippen LogP contribution in [0.15, 0.2) is 0 Å². The summed E-state index contributed by atoms with van der Waals surface area (Å²) in [5.41, 5.74) is 5.74. The summed E-state index contributed by atoms with van der Waals surface area (Å²) >= 11 is 0. The Kier molecular flexibility index (Phi) is 4.67. The van der Waals surface area contributed by atoms with Crippen molar-refractivity contribution in [1.29, 1.82) is 0 Å². The van der Waals surface area contributed by atoms with E-state index in [0.29, 0.717) is 30.2 Å². The quantitative estimate of drug-likeness (QED) is 0.827. The lowest BCUT2D eigenvalue weighted by Crippen LogP contribution is -2.44. The van der Waals surface area contributed by atoms with Gasteiger partial charge in [-0.25, -0.2) is 12.7 Å². The van der Waals surface area contributed by atoms with E-state index >= 15 is 0 Å². The summed E-state index contributed by atoms with van der Waals surface area (Å²) in [5.74, 6) is 1.21. The van der Waals surface area contributed by atoms with Crippen molar-refractivity contribution in [2.45, 2.75) is 51.0 Å². The highest BCUT2D eigenvalue weighted by Crippen LogP contribution is 2.28.